The van der Waals surface area contributed by atoms with Crippen molar-refractivity contribution in [3.63, 3.8) is 0 Å². The summed E-state index contributed by atoms with van der Waals surface area (Å²) in [5.74, 6) is -0.0237. The highest BCUT2D eigenvalue weighted by atomic mass is 19.4. The number of carbonyl (C=O) groups excluding carboxylic acids is 1. The Labute approximate surface area is 137 Å². The highest BCUT2D eigenvalue weighted by Crippen LogP contribution is 2.31. The SMILES string of the molecule is CCc1nncn1CCNC(=O)N1CCC(C(O)C(F)(F)F)CC1. The number of amides is 2. The topological polar surface area (TPSA) is 83.3 Å². The standard InChI is InChI=1S/C14H22F3N5O2/c1-2-11-20-19-9-22(11)8-5-18-13(24)21-6-3-10(4-7-21)12(23)14(15,16)17/h9-10,12,23H,2-8H2,1H3,(H,18,24). The maximum absolute atomic E-state index is 12.5. The van der Waals surface area contributed by atoms with Gasteiger partial charge in [0.1, 0.15) is 12.2 Å². The first-order valence-electron chi connectivity index (χ1n) is 7.97. The molecule has 0 radical (unpaired) electrons. The van der Waals surface area contributed by atoms with Crippen molar-refractivity contribution in [2.75, 3.05) is 19.6 Å². The third kappa shape index (κ3) is 4.59. The molecule has 0 bridgehead atoms. The number of carbonyl (C=O) groups is 1. The van der Waals surface area contributed by atoms with Crippen LogP contribution in [0.15, 0.2) is 6.33 Å². The summed E-state index contributed by atoms with van der Waals surface area (Å²) in [7, 11) is 0. The third-order valence-corrected chi connectivity index (χ3v) is 4.25. The zero-order valence-corrected chi connectivity index (χ0v) is 13.5. The molecule has 24 heavy (non-hydrogen) atoms. The number of nitrogens with one attached hydrogen (secondary N) is 1. The smallest absolute Gasteiger partial charge is 0.383 e. The van der Waals surface area contributed by atoms with E-state index >= 15 is 0 Å². The Morgan fingerprint density at radius 3 is 2.71 bits per heavy atom. The number of halogens is 3. The fourth-order valence-corrected chi connectivity index (χ4v) is 2.82. The van der Waals surface area contributed by atoms with Crippen LogP contribution in [0.2, 0.25) is 0 Å². The fraction of sp³-hybridized carbons (Fsp3) is 0.786. The van der Waals surface area contributed by atoms with E-state index in [9.17, 15) is 23.1 Å². The van der Waals surface area contributed by atoms with Crippen LogP contribution in [0.5, 0.6) is 0 Å². The summed E-state index contributed by atoms with van der Waals surface area (Å²) in [6.45, 7) is 3.28. The number of hydrogen-bond acceptors (Lipinski definition) is 4. The third-order valence-electron chi connectivity index (χ3n) is 4.25. The molecule has 0 saturated carbocycles. The summed E-state index contributed by atoms with van der Waals surface area (Å²) in [4.78, 5) is 13.5. The number of urea groups is 1. The Morgan fingerprint density at radius 2 is 2.12 bits per heavy atom. The minimum absolute atomic E-state index is 0.138. The van der Waals surface area contributed by atoms with Crippen LogP contribution in [0.4, 0.5) is 18.0 Å². The summed E-state index contributed by atoms with van der Waals surface area (Å²) in [6.07, 6.45) is -4.31. The molecule has 1 aliphatic heterocycles. The molecule has 7 nitrogen and oxygen atoms in total. The van der Waals surface area contributed by atoms with Crippen molar-refractivity contribution >= 4 is 6.03 Å². The lowest BCUT2D eigenvalue weighted by Crippen LogP contribution is -2.48. The number of rotatable bonds is 5. The number of aliphatic hydroxyl groups excluding tert-OH is 1. The second-order valence-corrected chi connectivity index (χ2v) is 5.84. The fourth-order valence-electron chi connectivity index (χ4n) is 2.82. The number of hydrogen-bond donors (Lipinski definition) is 2. The van der Waals surface area contributed by atoms with Crippen molar-refractivity contribution in [2.45, 2.75) is 45.0 Å². The summed E-state index contributed by atoms with van der Waals surface area (Å²) in [6, 6.07) is -0.305. The molecule has 0 aliphatic carbocycles. The molecule has 1 aromatic heterocycles. The Bertz CT molecular complexity index is 541. The van der Waals surface area contributed by atoms with Gasteiger partial charge in [0, 0.05) is 32.6 Å². The maximum atomic E-state index is 12.5. The molecule has 2 N–H and O–H groups in total. The van der Waals surface area contributed by atoms with Crippen LogP contribution in [-0.2, 0) is 13.0 Å². The molecule has 1 fully saturated rings. The monoisotopic (exact) mass is 349 g/mol. The number of aliphatic hydroxyl groups is 1. The lowest BCUT2D eigenvalue weighted by Gasteiger charge is -2.34. The molecular formula is C14H22F3N5O2. The van der Waals surface area contributed by atoms with Crippen molar-refractivity contribution in [3.05, 3.63) is 12.2 Å². The van der Waals surface area contributed by atoms with Crippen molar-refractivity contribution in [3.8, 4) is 0 Å². The van der Waals surface area contributed by atoms with Crippen LogP contribution in [0.25, 0.3) is 0 Å². The molecule has 1 unspecified atom stereocenters. The Kier molecular flexibility index (Phi) is 6.03. The highest BCUT2D eigenvalue weighted by Gasteiger charge is 2.44. The zero-order valence-electron chi connectivity index (χ0n) is 13.5. The van der Waals surface area contributed by atoms with Crippen LogP contribution in [0, 0.1) is 5.92 Å². The van der Waals surface area contributed by atoms with Crippen LogP contribution >= 0.6 is 0 Å². The Morgan fingerprint density at radius 1 is 1.46 bits per heavy atom. The molecule has 0 spiro atoms. The van der Waals surface area contributed by atoms with Crippen molar-refractivity contribution in [1.82, 2.24) is 25.0 Å². The van der Waals surface area contributed by atoms with Gasteiger partial charge in [-0.05, 0) is 18.8 Å². The predicted octanol–water partition coefficient (Wildman–Crippen LogP) is 1.19. The Hall–Kier alpha value is -1.84. The van der Waals surface area contributed by atoms with Gasteiger partial charge in [-0.3, -0.25) is 0 Å². The Balaban J connectivity index is 1.73. The van der Waals surface area contributed by atoms with E-state index < -0.39 is 18.2 Å². The van der Waals surface area contributed by atoms with Gasteiger partial charge in [-0.2, -0.15) is 13.2 Å². The number of nitrogens with zero attached hydrogens (tertiary/aromatic N) is 4. The molecule has 2 heterocycles. The molecule has 1 saturated heterocycles. The molecule has 2 rings (SSSR count). The molecule has 1 atom stereocenters. The molecule has 10 heteroatoms. The first-order valence-corrected chi connectivity index (χ1v) is 7.97. The van der Waals surface area contributed by atoms with Gasteiger partial charge in [0.15, 0.2) is 6.10 Å². The van der Waals surface area contributed by atoms with Crippen LogP contribution in [-0.4, -0.2) is 62.7 Å². The average molecular weight is 349 g/mol. The van der Waals surface area contributed by atoms with Crippen LogP contribution in [0.3, 0.4) is 0 Å². The summed E-state index contributed by atoms with van der Waals surface area (Å²) in [5.41, 5.74) is 0. The van der Waals surface area contributed by atoms with Crippen molar-refractivity contribution < 1.29 is 23.1 Å². The van der Waals surface area contributed by atoms with Gasteiger partial charge in [-0.1, -0.05) is 6.92 Å². The van der Waals surface area contributed by atoms with Crippen LogP contribution < -0.4 is 5.32 Å². The van der Waals surface area contributed by atoms with E-state index in [0.29, 0.717) is 13.1 Å². The number of aryl methyl sites for hydroxylation is 1. The van der Waals surface area contributed by atoms with E-state index in [1.807, 2.05) is 11.5 Å². The predicted molar refractivity (Wildman–Crippen MR) is 79.2 cm³/mol. The van der Waals surface area contributed by atoms with Gasteiger partial charge in [0.05, 0.1) is 0 Å². The van der Waals surface area contributed by atoms with E-state index in [0.717, 1.165) is 12.2 Å². The van der Waals surface area contributed by atoms with E-state index in [4.69, 9.17) is 0 Å². The summed E-state index contributed by atoms with van der Waals surface area (Å²) in [5, 5.41) is 19.8. The lowest BCUT2D eigenvalue weighted by atomic mass is 9.91. The molecular weight excluding hydrogens is 327 g/mol. The van der Waals surface area contributed by atoms with Crippen molar-refractivity contribution in [1.29, 1.82) is 0 Å². The van der Waals surface area contributed by atoms with E-state index in [1.54, 1.807) is 6.33 Å². The van der Waals surface area contributed by atoms with E-state index in [2.05, 4.69) is 15.5 Å². The van der Waals surface area contributed by atoms with E-state index in [-0.39, 0.29) is 32.0 Å². The zero-order chi connectivity index (χ0) is 17.7. The maximum Gasteiger partial charge on any atom is 0.414 e. The number of piperidine rings is 1. The summed E-state index contributed by atoms with van der Waals surface area (Å²) < 4.78 is 39.3. The first kappa shape index (κ1) is 18.5. The second-order valence-electron chi connectivity index (χ2n) is 5.84. The van der Waals surface area contributed by atoms with E-state index in [1.165, 1.54) is 4.90 Å². The summed E-state index contributed by atoms with van der Waals surface area (Å²) >= 11 is 0. The lowest BCUT2D eigenvalue weighted by molar-refractivity contribution is -0.222. The minimum Gasteiger partial charge on any atom is -0.383 e. The minimum atomic E-state index is -4.61. The molecule has 1 aliphatic rings. The highest BCUT2D eigenvalue weighted by molar-refractivity contribution is 5.74. The molecule has 136 valence electrons. The largest absolute Gasteiger partial charge is 0.414 e. The van der Waals surface area contributed by atoms with Gasteiger partial charge in [0.25, 0.3) is 0 Å². The molecule has 1 aromatic rings. The molecule has 0 aromatic carbocycles. The first-order chi connectivity index (χ1) is 11.3. The second kappa shape index (κ2) is 7.82. The quantitative estimate of drug-likeness (QED) is 0.836. The van der Waals surface area contributed by atoms with Gasteiger partial charge >= 0.3 is 12.2 Å². The molecule has 2 amide bonds. The van der Waals surface area contributed by atoms with Gasteiger partial charge in [-0.25, -0.2) is 4.79 Å². The van der Waals surface area contributed by atoms with Crippen LogP contribution in [0.1, 0.15) is 25.6 Å². The normalized spacial score (nSPS) is 17.8. The average Bonchev–Trinajstić information content (AvgIpc) is 3.01. The number of alkyl halides is 3. The van der Waals surface area contributed by atoms with Crippen molar-refractivity contribution in [2.24, 2.45) is 5.92 Å². The number of aromatic nitrogens is 3. The van der Waals surface area contributed by atoms with Gasteiger partial charge < -0.3 is 19.9 Å². The van der Waals surface area contributed by atoms with Gasteiger partial charge in [-0.15, -0.1) is 10.2 Å². The number of likely N-dealkylation sites (tertiary alicyclic amines) is 1. The van der Waals surface area contributed by atoms with Gasteiger partial charge in [0.2, 0.25) is 0 Å².